The maximum Gasteiger partial charge on any atom is 0.298 e. The molecule has 2 N–H and O–H groups in total. The zero-order valence-corrected chi connectivity index (χ0v) is 6.94. The van der Waals surface area contributed by atoms with Crippen LogP contribution >= 0.6 is 0 Å². The van der Waals surface area contributed by atoms with Gasteiger partial charge >= 0.3 is 0 Å². The smallest absolute Gasteiger partial charge is 0.282 e. The Morgan fingerprint density at radius 2 is 2.00 bits per heavy atom. The molecule has 0 bridgehead atoms. The summed E-state index contributed by atoms with van der Waals surface area (Å²) in [4.78, 5) is -0.127. The van der Waals surface area contributed by atoms with E-state index in [4.69, 9.17) is 4.55 Å². The standard InChI is InChI=1S/C5H8N2O3S/c1-3-5(11(8,9)10)4(2)7-6-3/h1-2H3,(H,6,7)(H,8,9,10). The Morgan fingerprint density at radius 1 is 1.45 bits per heavy atom. The largest absolute Gasteiger partial charge is 0.298 e. The summed E-state index contributed by atoms with van der Waals surface area (Å²) in [7, 11) is -4.11. The SMILES string of the molecule is Cc1n[nH]c(C)c1S(=O)(=O)O. The number of hydrogen-bond acceptors (Lipinski definition) is 3. The molecule has 0 radical (unpaired) electrons. The van der Waals surface area contributed by atoms with Gasteiger partial charge in [0.2, 0.25) is 0 Å². The van der Waals surface area contributed by atoms with Gasteiger partial charge in [-0.2, -0.15) is 13.5 Å². The average Bonchev–Trinajstić information content (AvgIpc) is 2.08. The molecule has 5 nitrogen and oxygen atoms in total. The molecule has 0 aliphatic rings. The van der Waals surface area contributed by atoms with Gasteiger partial charge in [-0.25, -0.2) is 0 Å². The molecule has 1 aromatic rings. The molecular formula is C5H8N2O3S. The van der Waals surface area contributed by atoms with E-state index in [1.54, 1.807) is 0 Å². The number of rotatable bonds is 1. The van der Waals surface area contributed by atoms with Crippen LogP contribution in [0, 0.1) is 13.8 Å². The first-order valence-corrected chi connectivity index (χ1v) is 4.36. The van der Waals surface area contributed by atoms with E-state index < -0.39 is 10.1 Å². The van der Waals surface area contributed by atoms with Crippen molar-refractivity contribution in [2.75, 3.05) is 0 Å². The van der Waals surface area contributed by atoms with E-state index in [9.17, 15) is 8.42 Å². The second kappa shape index (κ2) is 2.31. The number of H-pyrrole nitrogens is 1. The van der Waals surface area contributed by atoms with Crippen molar-refractivity contribution in [2.45, 2.75) is 18.7 Å². The van der Waals surface area contributed by atoms with Crippen molar-refractivity contribution in [3.05, 3.63) is 11.4 Å². The molecule has 0 unspecified atom stereocenters. The summed E-state index contributed by atoms with van der Waals surface area (Å²) >= 11 is 0. The topological polar surface area (TPSA) is 83.0 Å². The molecule has 0 saturated carbocycles. The van der Waals surface area contributed by atoms with Gasteiger partial charge in [0, 0.05) is 0 Å². The van der Waals surface area contributed by atoms with E-state index in [-0.39, 0.29) is 10.6 Å². The van der Waals surface area contributed by atoms with Crippen LogP contribution in [0.4, 0.5) is 0 Å². The molecule has 1 aromatic heterocycles. The van der Waals surface area contributed by atoms with Crippen LogP contribution in [-0.4, -0.2) is 23.2 Å². The second-order valence-corrected chi connectivity index (χ2v) is 3.60. The predicted molar refractivity (Wildman–Crippen MR) is 37.9 cm³/mol. The van der Waals surface area contributed by atoms with Crippen LogP contribution in [-0.2, 0) is 10.1 Å². The third-order valence-electron chi connectivity index (χ3n) is 1.32. The fraction of sp³-hybridized carbons (Fsp3) is 0.400. The lowest BCUT2D eigenvalue weighted by atomic mass is 10.4. The lowest BCUT2D eigenvalue weighted by molar-refractivity contribution is 0.482. The number of aromatic amines is 1. The van der Waals surface area contributed by atoms with E-state index >= 15 is 0 Å². The minimum absolute atomic E-state index is 0.127. The van der Waals surface area contributed by atoms with Gasteiger partial charge in [-0.15, -0.1) is 0 Å². The van der Waals surface area contributed by atoms with Crippen molar-refractivity contribution in [1.29, 1.82) is 0 Å². The Morgan fingerprint density at radius 3 is 2.18 bits per heavy atom. The lowest BCUT2D eigenvalue weighted by Crippen LogP contribution is -2.00. The minimum Gasteiger partial charge on any atom is -0.282 e. The molecule has 1 heterocycles. The van der Waals surface area contributed by atoms with Crippen molar-refractivity contribution in [3.8, 4) is 0 Å². The van der Waals surface area contributed by atoms with Crippen LogP contribution in [0.5, 0.6) is 0 Å². The summed E-state index contributed by atoms with van der Waals surface area (Å²) in [6.45, 7) is 3.04. The number of aryl methyl sites for hydroxylation is 2. The number of nitrogens with zero attached hydrogens (tertiary/aromatic N) is 1. The van der Waals surface area contributed by atoms with Crippen molar-refractivity contribution in [1.82, 2.24) is 10.2 Å². The van der Waals surface area contributed by atoms with Gasteiger partial charge in [0.15, 0.2) is 0 Å². The van der Waals surface area contributed by atoms with Gasteiger partial charge in [-0.3, -0.25) is 9.65 Å². The fourth-order valence-electron chi connectivity index (χ4n) is 0.921. The predicted octanol–water partition coefficient (Wildman–Crippen LogP) is 0.273. The normalized spacial score (nSPS) is 11.9. The Balaban J connectivity index is 3.45. The van der Waals surface area contributed by atoms with E-state index in [0.29, 0.717) is 5.69 Å². The van der Waals surface area contributed by atoms with Gasteiger partial charge in [0.05, 0.1) is 11.4 Å². The first kappa shape index (κ1) is 8.22. The van der Waals surface area contributed by atoms with Gasteiger partial charge < -0.3 is 0 Å². The summed E-state index contributed by atoms with van der Waals surface area (Å²) in [5, 5.41) is 6.07. The number of hydrogen-bond donors (Lipinski definition) is 2. The molecule has 0 atom stereocenters. The van der Waals surface area contributed by atoms with E-state index in [1.807, 2.05) is 0 Å². The maximum atomic E-state index is 10.6. The Labute approximate surface area is 64.2 Å². The van der Waals surface area contributed by atoms with Crippen molar-refractivity contribution in [2.24, 2.45) is 0 Å². The van der Waals surface area contributed by atoms with E-state index in [0.717, 1.165) is 0 Å². The van der Waals surface area contributed by atoms with E-state index in [2.05, 4.69) is 10.2 Å². The second-order valence-electron chi connectivity index (χ2n) is 2.24. The first-order chi connectivity index (χ1) is 4.93. The third kappa shape index (κ3) is 1.41. The van der Waals surface area contributed by atoms with E-state index in [1.165, 1.54) is 13.8 Å². The Kier molecular flexibility index (Phi) is 1.73. The van der Waals surface area contributed by atoms with Gasteiger partial charge in [0.1, 0.15) is 4.90 Å². The number of aromatic nitrogens is 2. The molecule has 0 amide bonds. The summed E-state index contributed by atoms with van der Waals surface area (Å²) < 4.78 is 29.9. The average molecular weight is 176 g/mol. The molecule has 62 valence electrons. The lowest BCUT2D eigenvalue weighted by Gasteiger charge is -1.93. The molecular weight excluding hydrogens is 168 g/mol. The molecule has 0 spiro atoms. The zero-order chi connectivity index (χ0) is 8.65. The molecule has 0 fully saturated rings. The molecule has 0 saturated heterocycles. The molecule has 0 aromatic carbocycles. The molecule has 1 rings (SSSR count). The minimum atomic E-state index is -4.11. The third-order valence-corrected chi connectivity index (χ3v) is 2.44. The van der Waals surface area contributed by atoms with Crippen LogP contribution < -0.4 is 0 Å². The van der Waals surface area contributed by atoms with Crippen molar-refractivity contribution < 1.29 is 13.0 Å². The monoisotopic (exact) mass is 176 g/mol. The van der Waals surface area contributed by atoms with Gasteiger partial charge in [-0.1, -0.05) is 0 Å². The van der Waals surface area contributed by atoms with Gasteiger partial charge in [0.25, 0.3) is 10.1 Å². The zero-order valence-electron chi connectivity index (χ0n) is 6.12. The quantitative estimate of drug-likeness (QED) is 0.602. The highest BCUT2D eigenvalue weighted by molar-refractivity contribution is 7.86. The molecule has 11 heavy (non-hydrogen) atoms. The van der Waals surface area contributed by atoms with Gasteiger partial charge in [-0.05, 0) is 13.8 Å². The highest BCUT2D eigenvalue weighted by atomic mass is 32.2. The van der Waals surface area contributed by atoms with Crippen LogP contribution in [0.25, 0.3) is 0 Å². The van der Waals surface area contributed by atoms with Crippen LogP contribution in [0.15, 0.2) is 4.90 Å². The summed E-state index contributed by atoms with van der Waals surface area (Å²) in [6.07, 6.45) is 0. The van der Waals surface area contributed by atoms with Crippen molar-refractivity contribution >= 4 is 10.1 Å². The van der Waals surface area contributed by atoms with Crippen LogP contribution in [0.1, 0.15) is 11.4 Å². The summed E-state index contributed by atoms with van der Waals surface area (Å²) in [5.41, 5.74) is 0.634. The molecule has 0 aliphatic carbocycles. The highest BCUT2D eigenvalue weighted by Crippen LogP contribution is 2.15. The van der Waals surface area contributed by atoms with Crippen LogP contribution in [0.3, 0.4) is 0 Å². The first-order valence-electron chi connectivity index (χ1n) is 2.92. The number of nitrogens with one attached hydrogen (secondary N) is 1. The maximum absolute atomic E-state index is 10.6. The summed E-state index contributed by atoms with van der Waals surface area (Å²) in [5.74, 6) is 0. The molecule has 6 heteroatoms. The molecule has 0 aliphatic heterocycles. The fourth-order valence-corrected chi connectivity index (χ4v) is 1.77. The van der Waals surface area contributed by atoms with Crippen LogP contribution in [0.2, 0.25) is 0 Å². The highest BCUT2D eigenvalue weighted by Gasteiger charge is 2.18. The Hall–Kier alpha value is -0.880. The Bertz CT molecular complexity index is 346. The van der Waals surface area contributed by atoms with Crippen molar-refractivity contribution in [3.63, 3.8) is 0 Å². The summed E-state index contributed by atoms with van der Waals surface area (Å²) in [6, 6.07) is 0.